The van der Waals surface area contributed by atoms with Gasteiger partial charge in [0.1, 0.15) is 0 Å². The molecule has 1 unspecified atom stereocenters. The molecule has 0 bridgehead atoms. The van der Waals surface area contributed by atoms with E-state index in [1.54, 1.807) is 0 Å². The lowest BCUT2D eigenvalue weighted by Crippen LogP contribution is -2.37. The predicted molar refractivity (Wildman–Crippen MR) is 45.6 cm³/mol. The van der Waals surface area contributed by atoms with Gasteiger partial charge in [0, 0.05) is 0 Å². The number of carbonyl (C=O) groups is 1. The van der Waals surface area contributed by atoms with Gasteiger partial charge in [-0.1, -0.05) is 0 Å². The molecule has 0 aromatic rings. The van der Waals surface area contributed by atoms with Crippen LogP contribution in [-0.2, 0) is 19.8 Å². The van der Waals surface area contributed by atoms with Crippen LogP contribution in [0.1, 0.15) is 19.3 Å². The molecule has 2 aliphatic rings. The van der Waals surface area contributed by atoms with Gasteiger partial charge >= 0.3 is 16.2 Å². The second-order valence-corrected chi connectivity index (χ2v) is 5.77. The average molecular weight is 222 g/mol. The fourth-order valence-corrected chi connectivity index (χ4v) is 3.38. The van der Waals surface area contributed by atoms with Crippen LogP contribution in [0.5, 0.6) is 0 Å². The van der Waals surface area contributed by atoms with Gasteiger partial charge in [0.15, 0.2) is 0 Å². The topological polar surface area (TPSA) is 60.4 Å². The van der Waals surface area contributed by atoms with Crippen molar-refractivity contribution in [1.29, 1.82) is 0 Å². The zero-order valence-corrected chi connectivity index (χ0v) is 8.51. The maximum Gasteiger partial charge on any atom is 0.309 e. The molecule has 0 aromatic heterocycles. The lowest BCUT2D eigenvalue weighted by Gasteiger charge is -2.33. The van der Waals surface area contributed by atoms with E-state index in [9.17, 15) is 17.1 Å². The standard InChI is InChI=1S/C8H11FO4S/c1-13-7(10)6-4-8(6)2-5(3-8)14(9,11)12/h5-6H,2-4H2,1H3. The Kier molecular flexibility index (Phi) is 1.90. The molecule has 14 heavy (non-hydrogen) atoms. The van der Waals surface area contributed by atoms with E-state index in [1.165, 1.54) is 7.11 Å². The highest BCUT2D eigenvalue weighted by Crippen LogP contribution is 2.67. The lowest BCUT2D eigenvalue weighted by atomic mass is 9.79. The molecule has 0 aliphatic heterocycles. The number of hydrogen-bond donors (Lipinski definition) is 0. The molecule has 2 fully saturated rings. The normalized spacial score (nSPS) is 40.4. The maximum atomic E-state index is 12.5. The Bertz CT molecular complexity index is 369. The quantitative estimate of drug-likeness (QED) is 0.508. The highest BCUT2D eigenvalue weighted by Gasteiger charge is 2.67. The Morgan fingerprint density at radius 2 is 2.00 bits per heavy atom. The van der Waals surface area contributed by atoms with Crippen molar-refractivity contribution in [3.8, 4) is 0 Å². The number of ether oxygens (including phenoxy) is 1. The minimum absolute atomic E-state index is 0.203. The van der Waals surface area contributed by atoms with E-state index in [2.05, 4.69) is 4.74 Å². The summed E-state index contributed by atoms with van der Waals surface area (Å²) in [5.41, 5.74) is -0.253. The largest absolute Gasteiger partial charge is 0.469 e. The van der Waals surface area contributed by atoms with Gasteiger partial charge in [0.2, 0.25) is 0 Å². The molecule has 2 rings (SSSR count). The summed E-state index contributed by atoms with van der Waals surface area (Å²) in [6.45, 7) is 0. The van der Waals surface area contributed by atoms with Crippen LogP contribution in [0.25, 0.3) is 0 Å². The molecule has 80 valence electrons. The molecule has 2 aliphatic carbocycles. The molecule has 0 saturated heterocycles. The van der Waals surface area contributed by atoms with E-state index in [0.717, 1.165) is 0 Å². The van der Waals surface area contributed by atoms with Gasteiger partial charge in [-0.25, -0.2) is 0 Å². The Balaban J connectivity index is 1.94. The van der Waals surface area contributed by atoms with E-state index in [1.807, 2.05) is 0 Å². The highest BCUT2D eigenvalue weighted by atomic mass is 32.3. The summed E-state index contributed by atoms with van der Waals surface area (Å²) >= 11 is 0. The lowest BCUT2D eigenvalue weighted by molar-refractivity contribution is -0.143. The molecule has 1 atom stereocenters. The van der Waals surface area contributed by atoms with Crippen molar-refractivity contribution in [2.45, 2.75) is 24.5 Å². The molecule has 0 N–H and O–H groups in total. The first-order valence-corrected chi connectivity index (χ1v) is 5.85. The fourth-order valence-electron chi connectivity index (χ4n) is 2.32. The van der Waals surface area contributed by atoms with Crippen LogP contribution in [-0.4, -0.2) is 26.7 Å². The molecule has 0 aromatic carbocycles. The van der Waals surface area contributed by atoms with E-state index in [4.69, 9.17) is 0 Å². The van der Waals surface area contributed by atoms with Crippen LogP contribution in [0.2, 0.25) is 0 Å². The first-order chi connectivity index (χ1) is 6.39. The number of methoxy groups -OCH3 is 1. The summed E-state index contributed by atoms with van der Waals surface area (Å²) in [5, 5.41) is -0.892. The molecular formula is C8H11FO4S. The Morgan fingerprint density at radius 3 is 2.43 bits per heavy atom. The summed E-state index contributed by atoms with van der Waals surface area (Å²) in [7, 11) is -3.10. The number of rotatable bonds is 2. The molecule has 0 radical (unpaired) electrons. The van der Waals surface area contributed by atoms with E-state index >= 15 is 0 Å². The van der Waals surface area contributed by atoms with Crippen LogP contribution in [0.15, 0.2) is 0 Å². The van der Waals surface area contributed by atoms with Crippen molar-refractivity contribution in [2.75, 3.05) is 7.11 Å². The van der Waals surface area contributed by atoms with Gasteiger partial charge in [-0.3, -0.25) is 4.79 Å². The first kappa shape index (κ1) is 9.89. The summed E-state index contributed by atoms with van der Waals surface area (Å²) < 4.78 is 38.0. The van der Waals surface area contributed by atoms with E-state index in [-0.39, 0.29) is 30.1 Å². The Hall–Kier alpha value is -0.650. The highest BCUT2D eigenvalue weighted by molar-refractivity contribution is 7.87. The van der Waals surface area contributed by atoms with Gasteiger partial charge < -0.3 is 4.74 Å². The monoisotopic (exact) mass is 222 g/mol. The van der Waals surface area contributed by atoms with Gasteiger partial charge in [0.25, 0.3) is 0 Å². The van der Waals surface area contributed by atoms with Crippen molar-refractivity contribution in [1.82, 2.24) is 0 Å². The summed E-state index contributed by atoms with van der Waals surface area (Å²) in [4.78, 5) is 11.1. The fraction of sp³-hybridized carbons (Fsp3) is 0.875. The number of carbonyl (C=O) groups excluding carboxylic acids is 1. The molecule has 0 heterocycles. The number of halogens is 1. The third kappa shape index (κ3) is 1.32. The van der Waals surface area contributed by atoms with Gasteiger partial charge in [-0.05, 0) is 24.7 Å². The van der Waals surface area contributed by atoms with Crippen molar-refractivity contribution in [2.24, 2.45) is 11.3 Å². The minimum Gasteiger partial charge on any atom is -0.469 e. The molecule has 6 heteroatoms. The van der Waals surface area contributed by atoms with Crippen LogP contribution in [0.4, 0.5) is 3.89 Å². The summed E-state index contributed by atoms with van der Waals surface area (Å²) in [6.07, 6.45) is 1.18. The Labute approximate surface area is 81.6 Å². The van der Waals surface area contributed by atoms with Gasteiger partial charge in [-0.15, -0.1) is 3.89 Å². The smallest absolute Gasteiger partial charge is 0.309 e. The number of esters is 1. The van der Waals surface area contributed by atoms with Crippen LogP contribution < -0.4 is 0 Å². The SMILES string of the molecule is COC(=O)C1CC12CC(S(=O)(=O)F)C2. The van der Waals surface area contributed by atoms with Crippen molar-refractivity contribution in [3.63, 3.8) is 0 Å². The number of hydrogen-bond acceptors (Lipinski definition) is 4. The van der Waals surface area contributed by atoms with Crippen LogP contribution in [0.3, 0.4) is 0 Å². The van der Waals surface area contributed by atoms with Crippen LogP contribution >= 0.6 is 0 Å². The third-order valence-electron chi connectivity index (χ3n) is 3.34. The third-order valence-corrected chi connectivity index (χ3v) is 4.47. The van der Waals surface area contributed by atoms with E-state index < -0.39 is 15.5 Å². The average Bonchev–Trinajstić information content (AvgIpc) is 2.72. The Morgan fingerprint density at radius 1 is 1.43 bits per heavy atom. The predicted octanol–water partition coefficient (Wildman–Crippen LogP) is 0.627. The first-order valence-electron chi connectivity index (χ1n) is 4.40. The molecule has 0 amide bonds. The van der Waals surface area contributed by atoms with Crippen LogP contribution in [0, 0.1) is 11.3 Å². The molecule has 4 nitrogen and oxygen atoms in total. The second-order valence-electron chi connectivity index (χ2n) is 4.15. The van der Waals surface area contributed by atoms with E-state index in [0.29, 0.717) is 6.42 Å². The molecule has 2 saturated carbocycles. The van der Waals surface area contributed by atoms with Gasteiger partial charge in [0.05, 0.1) is 18.3 Å². The van der Waals surface area contributed by atoms with Crippen molar-refractivity contribution in [3.05, 3.63) is 0 Å². The second kappa shape index (κ2) is 2.68. The summed E-state index contributed by atoms with van der Waals surface area (Å²) in [5.74, 6) is -0.509. The zero-order chi connectivity index (χ0) is 10.6. The minimum atomic E-state index is -4.41. The van der Waals surface area contributed by atoms with Crippen molar-refractivity contribution < 1.29 is 21.8 Å². The molecular weight excluding hydrogens is 211 g/mol. The zero-order valence-electron chi connectivity index (χ0n) is 7.70. The van der Waals surface area contributed by atoms with Crippen molar-refractivity contribution >= 4 is 16.2 Å². The maximum absolute atomic E-state index is 12.5. The van der Waals surface area contributed by atoms with Gasteiger partial charge in [-0.2, -0.15) is 8.42 Å². The summed E-state index contributed by atoms with van der Waals surface area (Å²) in [6, 6.07) is 0. The molecule has 1 spiro atoms.